The summed E-state index contributed by atoms with van der Waals surface area (Å²) < 4.78 is 5.12. The van der Waals surface area contributed by atoms with Crippen molar-refractivity contribution >= 4 is 12.0 Å². The van der Waals surface area contributed by atoms with E-state index in [2.05, 4.69) is 10.6 Å². The summed E-state index contributed by atoms with van der Waals surface area (Å²) in [7, 11) is 1.67. The first kappa shape index (κ1) is 14.8. The molecule has 3 N–H and O–H groups in total. The van der Waals surface area contributed by atoms with E-state index in [0.29, 0.717) is 6.54 Å². The van der Waals surface area contributed by atoms with Gasteiger partial charge >= 0.3 is 12.0 Å². The number of carbonyl (C=O) groups excluding carboxylic acids is 1. The minimum absolute atomic E-state index is 0.0126. The number of hydrogen-bond acceptors (Lipinski definition) is 3. The zero-order valence-electron chi connectivity index (χ0n) is 10.9. The fourth-order valence-corrected chi connectivity index (χ4v) is 1.96. The second kappa shape index (κ2) is 7.20. The van der Waals surface area contributed by atoms with E-state index in [1.807, 2.05) is 6.92 Å². The van der Waals surface area contributed by atoms with Gasteiger partial charge in [-0.2, -0.15) is 0 Å². The van der Waals surface area contributed by atoms with Gasteiger partial charge in [0.1, 0.15) is 0 Å². The fraction of sp³-hybridized carbons (Fsp3) is 0.833. The molecule has 0 aromatic heterocycles. The standard InChI is InChI=1S/C12H22N2O4/c1-3-8(4-11(15)16)7-13-12(17)14-9-5-10(6-9)18-2/h8-10H,3-7H2,1-2H3,(H,15,16)(H2,13,14,17). The maximum absolute atomic E-state index is 11.5. The van der Waals surface area contributed by atoms with Gasteiger partial charge in [0, 0.05) is 26.1 Å². The lowest BCUT2D eigenvalue weighted by molar-refractivity contribution is -0.138. The van der Waals surface area contributed by atoms with E-state index < -0.39 is 5.97 Å². The molecule has 1 rings (SSSR count). The Kier molecular flexibility index (Phi) is 5.91. The van der Waals surface area contributed by atoms with E-state index >= 15 is 0 Å². The number of nitrogens with one attached hydrogen (secondary N) is 2. The predicted molar refractivity (Wildman–Crippen MR) is 66.4 cm³/mol. The first-order valence-corrected chi connectivity index (χ1v) is 6.34. The van der Waals surface area contributed by atoms with Gasteiger partial charge in [-0.3, -0.25) is 4.79 Å². The van der Waals surface area contributed by atoms with E-state index in [4.69, 9.17) is 9.84 Å². The molecule has 0 heterocycles. The van der Waals surface area contributed by atoms with Crippen LogP contribution >= 0.6 is 0 Å². The molecule has 1 aliphatic carbocycles. The van der Waals surface area contributed by atoms with Crippen molar-refractivity contribution in [3.8, 4) is 0 Å². The zero-order chi connectivity index (χ0) is 13.5. The normalized spacial score (nSPS) is 23.9. The smallest absolute Gasteiger partial charge is 0.315 e. The van der Waals surface area contributed by atoms with Gasteiger partial charge in [-0.05, 0) is 18.8 Å². The SMILES string of the molecule is CCC(CNC(=O)NC1CC(OC)C1)CC(=O)O. The highest BCUT2D eigenvalue weighted by atomic mass is 16.5. The molecule has 0 spiro atoms. The number of aliphatic carboxylic acids is 1. The lowest BCUT2D eigenvalue weighted by Gasteiger charge is -2.34. The Morgan fingerprint density at radius 3 is 2.61 bits per heavy atom. The highest BCUT2D eigenvalue weighted by Gasteiger charge is 2.30. The number of carboxylic acids is 1. The van der Waals surface area contributed by atoms with Crippen molar-refractivity contribution in [2.75, 3.05) is 13.7 Å². The largest absolute Gasteiger partial charge is 0.481 e. The molecule has 6 heteroatoms. The quantitative estimate of drug-likeness (QED) is 0.635. The van der Waals surface area contributed by atoms with Crippen LogP contribution in [-0.4, -0.2) is 42.9 Å². The second-order valence-electron chi connectivity index (χ2n) is 4.75. The van der Waals surface area contributed by atoms with Crippen molar-refractivity contribution in [3.05, 3.63) is 0 Å². The van der Waals surface area contributed by atoms with Crippen LogP contribution < -0.4 is 10.6 Å². The predicted octanol–water partition coefficient (Wildman–Crippen LogP) is 0.964. The van der Waals surface area contributed by atoms with Crippen molar-refractivity contribution in [1.82, 2.24) is 10.6 Å². The molecule has 2 amide bonds. The molecule has 0 aliphatic heterocycles. The molecular weight excluding hydrogens is 236 g/mol. The number of hydrogen-bond donors (Lipinski definition) is 3. The number of methoxy groups -OCH3 is 1. The van der Waals surface area contributed by atoms with Gasteiger partial charge < -0.3 is 20.5 Å². The Bertz CT molecular complexity index is 290. The van der Waals surface area contributed by atoms with Gasteiger partial charge in [0.2, 0.25) is 0 Å². The van der Waals surface area contributed by atoms with Crippen LogP contribution in [0.5, 0.6) is 0 Å². The average molecular weight is 258 g/mol. The van der Waals surface area contributed by atoms with Crippen LogP contribution in [0.25, 0.3) is 0 Å². The number of amides is 2. The lowest BCUT2D eigenvalue weighted by atomic mass is 9.89. The van der Waals surface area contributed by atoms with E-state index in [-0.39, 0.29) is 30.5 Å². The summed E-state index contributed by atoms with van der Waals surface area (Å²) in [6.45, 7) is 2.32. The number of urea groups is 1. The first-order valence-electron chi connectivity index (χ1n) is 6.34. The summed E-state index contributed by atoms with van der Waals surface area (Å²) in [5.74, 6) is -0.840. The molecule has 0 saturated heterocycles. The zero-order valence-corrected chi connectivity index (χ0v) is 10.9. The van der Waals surface area contributed by atoms with Gasteiger partial charge in [-0.1, -0.05) is 13.3 Å². The summed E-state index contributed by atoms with van der Waals surface area (Å²) in [5, 5.41) is 14.2. The minimum Gasteiger partial charge on any atom is -0.481 e. The van der Waals surface area contributed by atoms with Crippen LogP contribution in [-0.2, 0) is 9.53 Å². The molecule has 6 nitrogen and oxygen atoms in total. The summed E-state index contributed by atoms with van der Waals surface area (Å²) >= 11 is 0. The van der Waals surface area contributed by atoms with Gasteiger partial charge in [0.05, 0.1) is 6.10 Å². The van der Waals surface area contributed by atoms with Gasteiger partial charge in [-0.15, -0.1) is 0 Å². The van der Waals surface area contributed by atoms with Gasteiger partial charge in [-0.25, -0.2) is 4.79 Å². The topological polar surface area (TPSA) is 87.7 Å². The van der Waals surface area contributed by atoms with Gasteiger partial charge in [0.15, 0.2) is 0 Å². The third-order valence-electron chi connectivity index (χ3n) is 3.36. The lowest BCUT2D eigenvalue weighted by Crippen LogP contribution is -2.51. The van der Waals surface area contributed by atoms with Gasteiger partial charge in [0.25, 0.3) is 0 Å². The Morgan fingerprint density at radius 2 is 2.11 bits per heavy atom. The second-order valence-corrected chi connectivity index (χ2v) is 4.75. The number of rotatable bonds is 7. The van der Waals surface area contributed by atoms with Crippen molar-refractivity contribution < 1.29 is 19.4 Å². The molecule has 0 bridgehead atoms. The molecule has 0 aromatic carbocycles. The third-order valence-corrected chi connectivity index (χ3v) is 3.36. The highest BCUT2D eigenvalue weighted by molar-refractivity contribution is 5.74. The molecule has 18 heavy (non-hydrogen) atoms. The van der Waals surface area contributed by atoms with Crippen LogP contribution in [0, 0.1) is 5.92 Å². The molecule has 0 radical (unpaired) electrons. The summed E-state index contributed by atoms with van der Waals surface area (Å²) in [6.07, 6.45) is 2.77. The van der Waals surface area contributed by atoms with E-state index in [0.717, 1.165) is 19.3 Å². The molecular formula is C12H22N2O4. The van der Waals surface area contributed by atoms with Crippen LogP contribution in [0.15, 0.2) is 0 Å². The molecule has 1 saturated carbocycles. The summed E-state index contributed by atoms with van der Waals surface area (Å²) in [6, 6.07) is -0.0482. The maximum atomic E-state index is 11.5. The average Bonchev–Trinajstić information content (AvgIpc) is 2.27. The summed E-state index contributed by atoms with van der Waals surface area (Å²) in [5.41, 5.74) is 0. The molecule has 1 fully saturated rings. The van der Waals surface area contributed by atoms with Crippen molar-refractivity contribution in [2.45, 2.75) is 44.8 Å². The number of carbonyl (C=O) groups is 2. The van der Waals surface area contributed by atoms with Crippen LogP contribution in [0.4, 0.5) is 4.79 Å². The number of ether oxygens (including phenoxy) is 1. The van der Waals surface area contributed by atoms with Crippen molar-refractivity contribution in [1.29, 1.82) is 0 Å². The number of carboxylic acid groups (broad SMARTS) is 1. The third kappa shape index (κ3) is 4.91. The highest BCUT2D eigenvalue weighted by Crippen LogP contribution is 2.22. The fourth-order valence-electron chi connectivity index (χ4n) is 1.96. The van der Waals surface area contributed by atoms with Crippen molar-refractivity contribution in [2.24, 2.45) is 5.92 Å². The molecule has 1 aliphatic rings. The van der Waals surface area contributed by atoms with Crippen LogP contribution in [0.2, 0.25) is 0 Å². The van der Waals surface area contributed by atoms with Crippen molar-refractivity contribution in [3.63, 3.8) is 0 Å². The van der Waals surface area contributed by atoms with Crippen LogP contribution in [0.1, 0.15) is 32.6 Å². The Labute approximate surface area is 107 Å². The first-order chi connectivity index (χ1) is 8.55. The monoisotopic (exact) mass is 258 g/mol. The molecule has 1 unspecified atom stereocenters. The van der Waals surface area contributed by atoms with E-state index in [1.165, 1.54) is 0 Å². The molecule has 104 valence electrons. The Morgan fingerprint density at radius 1 is 1.44 bits per heavy atom. The van der Waals surface area contributed by atoms with E-state index in [9.17, 15) is 9.59 Å². The molecule has 0 aromatic rings. The Balaban J connectivity index is 2.14. The minimum atomic E-state index is -0.828. The maximum Gasteiger partial charge on any atom is 0.315 e. The Hall–Kier alpha value is -1.30. The van der Waals surface area contributed by atoms with E-state index in [1.54, 1.807) is 7.11 Å². The molecule has 1 atom stereocenters. The summed E-state index contributed by atoms with van der Waals surface area (Å²) in [4.78, 5) is 22.1. The van der Waals surface area contributed by atoms with Crippen LogP contribution in [0.3, 0.4) is 0 Å².